The molecule has 0 aliphatic rings. The van der Waals surface area contributed by atoms with Gasteiger partial charge in [-0.15, -0.1) is 0 Å². The summed E-state index contributed by atoms with van der Waals surface area (Å²) in [6.07, 6.45) is 3.23. The number of rotatable bonds is 3. The Morgan fingerprint density at radius 1 is 1.14 bits per heavy atom. The van der Waals surface area contributed by atoms with E-state index in [0.29, 0.717) is 0 Å². The van der Waals surface area contributed by atoms with E-state index >= 15 is 0 Å². The minimum absolute atomic E-state index is 0.342. The van der Waals surface area contributed by atoms with Crippen molar-refractivity contribution < 1.29 is 9.53 Å². The molecule has 0 fully saturated rings. The molecule has 3 nitrogen and oxygen atoms in total. The Bertz CT molecular complexity index is 843. The van der Waals surface area contributed by atoms with Gasteiger partial charge in [-0.05, 0) is 36.8 Å². The fourth-order valence-electron chi connectivity index (χ4n) is 2.75. The number of hydrogen-bond acceptors (Lipinski definition) is 2. The third-order valence-electron chi connectivity index (χ3n) is 3.73. The van der Waals surface area contributed by atoms with Crippen LogP contribution < -0.4 is 0 Å². The van der Waals surface area contributed by atoms with E-state index in [4.69, 9.17) is 0 Å². The van der Waals surface area contributed by atoms with Crippen LogP contribution in [-0.2, 0) is 16.1 Å². The molecule has 3 aromatic rings. The van der Waals surface area contributed by atoms with Crippen molar-refractivity contribution in [1.29, 1.82) is 0 Å². The van der Waals surface area contributed by atoms with Gasteiger partial charge in [-0.1, -0.05) is 24.3 Å². The van der Waals surface area contributed by atoms with Gasteiger partial charge in [0.25, 0.3) is 0 Å². The lowest BCUT2D eigenvalue weighted by atomic mass is 10.1. The van der Waals surface area contributed by atoms with Gasteiger partial charge in [-0.2, -0.15) is 0 Å². The van der Waals surface area contributed by atoms with E-state index in [1.165, 1.54) is 35.0 Å². The molecule has 0 aliphatic carbocycles. The molecule has 2 aromatic carbocycles. The van der Waals surface area contributed by atoms with Crippen molar-refractivity contribution in [2.75, 3.05) is 7.11 Å². The molecule has 0 radical (unpaired) electrons. The van der Waals surface area contributed by atoms with Crippen LogP contribution in [0.1, 0.15) is 12.5 Å². The van der Waals surface area contributed by atoms with Crippen LogP contribution in [0, 0.1) is 0 Å². The average Bonchev–Trinajstić information content (AvgIpc) is 2.85. The second kappa shape index (κ2) is 5.44. The van der Waals surface area contributed by atoms with Crippen molar-refractivity contribution in [1.82, 2.24) is 4.57 Å². The standard InChI is InChI=1S/C18H17NO2/c1-3-19-16-7-5-4-6-14(16)15-12-13(8-10-17(15)19)9-11-18(20)21-2/h4-12H,3H2,1-2H3/b11-9+. The summed E-state index contributed by atoms with van der Waals surface area (Å²) in [6, 6.07) is 14.6. The molecule has 1 heterocycles. The number of benzene rings is 2. The van der Waals surface area contributed by atoms with Crippen LogP contribution in [-0.4, -0.2) is 17.6 Å². The van der Waals surface area contributed by atoms with Gasteiger partial charge in [-0.3, -0.25) is 0 Å². The Hall–Kier alpha value is -2.55. The third-order valence-corrected chi connectivity index (χ3v) is 3.73. The van der Waals surface area contributed by atoms with Crippen LogP contribution in [0.2, 0.25) is 0 Å². The first-order valence-corrected chi connectivity index (χ1v) is 7.01. The van der Waals surface area contributed by atoms with E-state index in [9.17, 15) is 4.79 Å². The Kier molecular flexibility index (Phi) is 3.48. The van der Waals surface area contributed by atoms with Crippen molar-refractivity contribution in [2.45, 2.75) is 13.5 Å². The summed E-state index contributed by atoms with van der Waals surface area (Å²) in [7, 11) is 1.38. The first kappa shape index (κ1) is 13.4. The number of methoxy groups -OCH3 is 1. The van der Waals surface area contributed by atoms with Crippen molar-refractivity contribution >= 4 is 33.9 Å². The summed E-state index contributed by atoms with van der Waals surface area (Å²) < 4.78 is 6.93. The lowest BCUT2D eigenvalue weighted by Gasteiger charge is -2.02. The van der Waals surface area contributed by atoms with Gasteiger partial charge >= 0.3 is 5.97 Å². The van der Waals surface area contributed by atoms with E-state index in [2.05, 4.69) is 52.6 Å². The number of ether oxygens (including phenoxy) is 1. The molecule has 0 saturated heterocycles. The molecule has 21 heavy (non-hydrogen) atoms. The minimum Gasteiger partial charge on any atom is -0.466 e. The zero-order chi connectivity index (χ0) is 14.8. The van der Waals surface area contributed by atoms with E-state index in [-0.39, 0.29) is 5.97 Å². The van der Waals surface area contributed by atoms with E-state index in [0.717, 1.165) is 12.1 Å². The number of carbonyl (C=O) groups is 1. The maximum Gasteiger partial charge on any atom is 0.330 e. The van der Waals surface area contributed by atoms with Crippen LogP contribution in [0.15, 0.2) is 48.5 Å². The zero-order valence-corrected chi connectivity index (χ0v) is 12.2. The number of carbonyl (C=O) groups excluding carboxylic acids is 1. The van der Waals surface area contributed by atoms with Crippen LogP contribution in [0.25, 0.3) is 27.9 Å². The summed E-state index contributed by atoms with van der Waals surface area (Å²) in [6.45, 7) is 3.08. The van der Waals surface area contributed by atoms with Crippen molar-refractivity contribution in [2.24, 2.45) is 0 Å². The monoisotopic (exact) mass is 279 g/mol. The number of para-hydroxylation sites is 1. The molecule has 0 atom stereocenters. The predicted octanol–water partition coefficient (Wildman–Crippen LogP) is 4.00. The molecule has 0 unspecified atom stereocenters. The molecule has 1 aromatic heterocycles. The predicted molar refractivity (Wildman–Crippen MR) is 86.2 cm³/mol. The molecule has 0 saturated carbocycles. The van der Waals surface area contributed by atoms with Gasteiger partial charge < -0.3 is 9.30 Å². The largest absolute Gasteiger partial charge is 0.466 e. The Morgan fingerprint density at radius 3 is 2.67 bits per heavy atom. The number of nitrogens with zero attached hydrogens (tertiary/aromatic N) is 1. The number of esters is 1. The topological polar surface area (TPSA) is 31.2 Å². The summed E-state index contributed by atoms with van der Waals surface area (Å²) in [5.41, 5.74) is 3.45. The smallest absolute Gasteiger partial charge is 0.330 e. The Labute approximate surface area is 123 Å². The van der Waals surface area contributed by atoms with E-state index in [1.54, 1.807) is 6.08 Å². The summed E-state index contributed by atoms with van der Waals surface area (Å²) in [5.74, 6) is -0.342. The quantitative estimate of drug-likeness (QED) is 0.536. The lowest BCUT2D eigenvalue weighted by Crippen LogP contribution is -1.93. The first-order chi connectivity index (χ1) is 10.2. The number of aromatic nitrogens is 1. The molecule has 106 valence electrons. The molecule has 3 heteroatoms. The molecule has 0 aliphatic heterocycles. The van der Waals surface area contributed by atoms with Crippen molar-refractivity contribution in [3.8, 4) is 0 Å². The first-order valence-electron chi connectivity index (χ1n) is 7.01. The Balaban J connectivity index is 2.19. The van der Waals surface area contributed by atoms with Crippen molar-refractivity contribution in [3.05, 3.63) is 54.1 Å². The molecule has 3 rings (SSSR count). The highest BCUT2D eigenvalue weighted by molar-refractivity contribution is 6.08. The highest BCUT2D eigenvalue weighted by Gasteiger charge is 2.08. The maximum atomic E-state index is 11.2. The summed E-state index contributed by atoms with van der Waals surface area (Å²) in [5, 5.41) is 2.45. The fourth-order valence-corrected chi connectivity index (χ4v) is 2.75. The normalized spacial score (nSPS) is 11.5. The van der Waals surface area contributed by atoms with Crippen LogP contribution in [0.5, 0.6) is 0 Å². The third kappa shape index (κ3) is 2.31. The second-order valence-electron chi connectivity index (χ2n) is 4.89. The summed E-state index contributed by atoms with van der Waals surface area (Å²) in [4.78, 5) is 11.2. The molecular weight excluding hydrogens is 262 g/mol. The fraction of sp³-hybridized carbons (Fsp3) is 0.167. The highest BCUT2D eigenvalue weighted by atomic mass is 16.5. The number of aryl methyl sites for hydroxylation is 1. The maximum absolute atomic E-state index is 11.2. The zero-order valence-electron chi connectivity index (χ0n) is 12.2. The van der Waals surface area contributed by atoms with Gasteiger partial charge in [-0.25, -0.2) is 4.79 Å². The van der Waals surface area contributed by atoms with Gasteiger partial charge in [0, 0.05) is 34.4 Å². The van der Waals surface area contributed by atoms with Gasteiger partial charge in [0.2, 0.25) is 0 Å². The Morgan fingerprint density at radius 2 is 1.90 bits per heavy atom. The highest BCUT2D eigenvalue weighted by Crippen LogP contribution is 2.29. The SMILES string of the molecule is CCn1c2ccccc2c2cc(/C=C/C(=O)OC)ccc21. The van der Waals surface area contributed by atoms with Crippen LogP contribution >= 0.6 is 0 Å². The van der Waals surface area contributed by atoms with E-state index in [1.807, 2.05) is 6.07 Å². The van der Waals surface area contributed by atoms with Crippen LogP contribution in [0.3, 0.4) is 0 Å². The molecule has 0 amide bonds. The van der Waals surface area contributed by atoms with Gasteiger partial charge in [0.05, 0.1) is 7.11 Å². The van der Waals surface area contributed by atoms with Crippen molar-refractivity contribution in [3.63, 3.8) is 0 Å². The molecular formula is C18H17NO2. The van der Waals surface area contributed by atoms with E-state index < -0.39 is 0 Å². The molecule has 0 N–H and O–H groups in total. The van der Waals surface area contributed by atoms with Crippen LogP contribution in [0.4, 0.5) is 0 Å². The van der Waals surface area contributed by atoms with Gasteiger partial charge in [0.1, 0.15) is 0 Å². The average molecular weight is 279 g/mol. The minimum atomic E-state index is -0.342. The van der Waals surface area contributed by atoms with Gasteiger partial charge in [0.15, 0.2) is 0 Å². The molecule has 0 spiro atoms. The second-order valence-corrected chi connectivity index (χ2v) is 4.89. The lowest BCUT2D eigenvalue weighted by molar-refractivity contribution is -0.134. The summed E-state index contributed by atoms with van der Waals surface area (Å²) >= 11 is 0. The number of hydrogen-bond donors (Lipinski definition) is 0. The number of fused-ring (bicyclic) bond motifs is 3. The molecule has 0 bridgehead atoms.